The summed E-state index contributed by atoms with van der Waals surface area (Å²) in [4.78, 5) is 26.5. The van der Waals surface area contributed by atoms with Crippen molar-refractivity contribution in [2.24, 2.45) is 0 Å². The van der Waals surface area contributed by atoms with Gasteiger partial charge in [0.15, 0.2) is 5.52 Å². The monoisotopic (exact) mass is 303 g/mol. The molecule has 22 heavy (non-hydrogen) atoms. The Kier molecular flexibility index (Phi) is 4.88. The number of nitro groups is 1. The number of rotatable bonds is 6. The fourth-order valence-electron chi connectivity index (χ4n) is 2.16. The molecule has 0 aliphatic heterocycles. The molecule has 1 aromatic carbocycles. The third-order valence-electron chi connectivity index (χ3n) is 3.27. The van der Waals surface area contributed by atoms with Crippen LogP contribution in [0.2, 0.25) is 0 Å². The van der Waals surface area contributed by atoms with Crippen LogP contribution < -0.4 is 5.73 Å². The first-order valence-electron chi connectivity index (χ1n) is 7.06. The van der Waals surface area contributed by atoms with E-state index < -0.39 is 16.7 Å². The number of hydrogen-bond acceptors (Lipinski definition) is 6. The highest BCUT2D eigenvalue weighted by Gasteiger charge is 2.26. The number of benzene rings is 1. The fraction of sp³-hybridized carbons (Fsp3) is 0.333. The van der Waals surface area contributed by atoms with Gasteiger partial charge in [0.2, 0.25) is 0 Å². The van der Waals surface area contributed by atoms with Gasteiger partial charge in [0.1, 0.15) is 11.3 Å². The number of para-hydroxylation sites is 1. The summed E-state index contributed by atoms with van der Waals surface area (Å²) in [5.74, 6) is -1.19. The second kappa shape index (κ2) is 6.84. The van der Waals surface area contributed by atoms with Gasteiger partial charge in [-0.1, -0.05) is 31.9 Å². The minimum absolute atomic E-state index is 0.00815. The number of anilines is 1. The van der Waals surface area contributed by atoms with Crippen molar-refractivity contribution in [2.45, 2.75) is 26.2 Å². The van der Waals surface area contributed by atoms with E-state index in [1.54, 1.807) is 24.3 Å². The number of nitrogen functional groups attached to an aromatic ring is 1. The van der Waals surface area contributed by atoms with Gasteiger partial charge < -0.3 is 20.6 Å². The van der Waals surface area contributed by atoms with Gasteiger partial charge >= 0.3 is 11.8 Å². The number of nitrogens with zero attached hydrogens (tertiary/aromatic N) is 2. The number of unbranched alkanes of at least 4 members (excludes halogenated alkanes) is 2. The predicted molar refractivity (Wildman–Crippen MR) is 82.6 cm³/mol. The smallest absolute Gasteiger partial charge is 0.388 e. The molecule has 2 N–H and O–H groups in total. The van der Waals surface area contributed by atoms with Crippen molar-refractivity contribution in [3.63, 3.8) is 0 Å². The van der Waals surface area contributed by atoms with Gasteiger partial charge in [-0.25, -0.2) is 4.79 Å². The lowest BCUT2D eigenvalue weighted by atomic mass is 10.1. The van der Waals surface area contributed by atoms with Crippen LogP contribution in [0.1, 0.15) is 36.5 Å². The Labute approximate surface area is 127 Å². The quantitative estimate of drug-likeness (QED) is 0.380. The first-order valence-corrected chi connectivity index (χ1v) is 7.06. The summed E-state index contributed by atoms with van der Waals surface area (Å²) in [6, 6.07) is 6.63. The Morgan fingerprint density at radius 1 is 1.36 bits per heavy atom. The van der Waals surface area contributed by atoms with Crippen LogP contribution in [-0.4, -0.2) is 22.5 Å². The van der Waals surface area contributed by atoms with Crippen LogP contribution in [-0.2, 0) is 4.74 Å². The molecule has 7 nitrogen and oxygen atoms in total. The van der Waals surface area contributed by atoms with Crippen LogP contribution in [0.15, 0.2) is 24.3 Å². The molecule has 0 aliphatic rings. The van der Waals surface area contributed by atoms with E-state index in [9.17, 15) is 14.9 Å². The van der Waals surface area contributed by atoms with Gasteiger partial charge in [-0.3, -0.25) is 0 Å². The molecule has 0 saturated heterocycles. The third kappa shape index (κ3) is 3.13. The second-order valence-electron chi connectivity index (χ2n) is 4.84. The molecule has 0 spiro atoms. The molecule has 2 rings (SSSR count). The minimum atomic E-state index is -0.699. The molecule has 0 radical (unpaired) electrons. The van der Waals surface area contributed by atoms with Crippen LogP contribution in [0.3, 0.4) is 0 Å². The van der Waals surface area contributed by atoms with Crippen molar-refractivity contribution in [1.29, 1.82) is 0 Å². The molecule has 2 aromatic rings. The summed E-state index contributed by atoms with van der Waals surface area (Å²) >= 11 is 0. The zero-order valence-corrected chi connectivity index (χ0v) is 12.2. The van der Waals surface area contributed by atoms with Crippen LogP contribution in [0, 0.1) is 10.1 Å². The Morgan fingerprint density at radius 3 is 2.77 bits per heavy atom. The van der Waals surface area contributed by atoms with E-state index in [4.69, 9.17) is 10.5 Å². The largest absolute Gasteiger partial charge is 0.462 e. The number of esters is 1. The molecule has 1 aromatic heterocycles. The molecule has 0 amide bonds. The predicted octanol–water partition coefficient (Wildman–Crippen LogP) is 3.07. The van der Waals surface area contributed by atoms with E-state index >= 15 is 0 Å². The standard InChI is InChI=1S/C15H17N3O4/c1-2-3-6-9-22-15(19)12-10-7-4-5-8-11(10)17-14(13(12)16)18(20)21/h4-5,7-8H,2-3,6,9,16H2,1H3. The molecular formula is C15H17N3O4. The number of hydrogen-bond donors (Lipinski definition) is 1. The highest BCUT2D eigenvalue weighted by atomic mass is 16.6. The molecule has 0 unspecified atom stereocenters. The van der Waals surface area contributed by atoms with Crippen molar-refractivity contribution in [3.8, 4) is 0 Å². The zero-order chi connectivity index (χ0) is 16.1. The third-order valence-corrected chi connectivity index (χ3v) is 3.27. The lowest BCUT2D eigenvalue weighted by Crippen LogP contribution is -2.12. The number of carbonyl (C=O) groups is 1. The number of ether oxygens (including phenoxy) is 1. The SMILES string of the molecule is CCCCCOC(=O)c1c(N)c([N+](=O)[O-])nc2ccccc12. The fourth-order valence-corrected chi connectivity index (χ4v) is 2.16. The van der Waals surface area contributed by atoms with E-state index in [1.807, 2.05) is 6.92 Å². The molecule has 7 heteroatoms. The summed E-state index contributed by atoms with van der Waals surface area (Å²) in [7, 11) is 0. The molecule has 0 atom stereocenters. The van der Waals surface area contributed by atoms with Gasteiger partial charge in [-0.2, -0.15) is 0 Å². The van der Waals surface area contributed by atoms with Gasteiger partial charge in [0.05, 0.1) is 6.61 Å². The number of aromatic nitrogens is 1. The van der Waals surface area contributed by atoms with Crippen molar-refractivity contribution >= 4 is 28.4 Å². The van der Waals surface area contributed by atoms with Gasteiger partial charge in [-0.15, -0.1) is 0 Å². The van der Waals surface area contributed by atoms with E-state index in [0.717, 1.165) is 19.3 Å². The number of nitrogens with two attached hydrogens (primary N) is 1. The maximum absolute atomic E-state index is 12.3. The number of fused-ring (bicyclic) bond motifs is 1. The van der Waals surface area contributed by atoms with Crippen molar-refractivity contribution < 1.29 is 14.5 Å². The Morgan fingerprint density at radius 2 is 2.09 bits per heavy atom. The van der Waals surface area contributed by atoms with Gasteiger partial charge in [0.25, 0.3) is 0 Å². The first-order chi connectivity index (χ1) is 10.6. The molecular weight excluding hydrogens is 286 g/mol. The Balaban J connectivity index is 2.44. The Hall–Kier alpha value is -2.70. The van der Waals surface area contributed by atoms with E-state index in [2.05, 4.69) is 4.98 Å². The normalized spacial score (nSPS) is 10.6. The lowest BCUT2D eigenvalue weighted by Gasteiger charge is -2.09. The topological polar surface area (TPSA) is 108 Å². The van der Waals surface area contributed by atoms with E-state index in [1.165, 1.54) is 0 Å². The Bertz CT molecular complexity index is 715. The van der Waals surface area contributed by atoms with Crippen LogP contribution in [0.5, 0.6) is 0 Å². The zero-order valence-electron chi connectivity index (χ0n) is 12.2. The number of pyridine rings is 1. The second-order valence-corrected chi connectivity index (χ2v) is 4.84. The maximum atomic E-state index is 12.3. The van der Waals surface area contributed by atoms with Crippen molar-refractivity contribution in [2.75, 3.05) is 12.3 Å². The molecule has 0 fully saturated rings. The van der Waals surface area contributed by atoms with Crippen molar-refractivity contribution in [1.82, 2.24) is 4.98 Å². The van der Waals surface area contributed by atoms with Crippen LogP contribution in [0.25, 0.3) is 10.9 Å². The summed E-state index contributed by atoms with van der Waals surface area (Å²) in [5, 5.41) is 11.5. The highest BCUT2D eigenvalue weighted by molar-refractivity contribution is 6.09. The van der Waals surface area contributed by atoms with Crippen LogP contribution in [0.4, 0.5) is 11.5 Å². The molecule has 0 saturated carbocycles. The summed E-state index contributed by atoms with van der Waals surface area (Å²) < 4.78 is 5.18. The molecule has 116 valence electrons. The average Bonchev–Trinajstić information content (AvgIpc) is 2.50. The van der Waals surface area contributed by atoms with Crippen molar-refractivity contribution in [3.05, 3.63) is 39.9 Å². The lowest BCUT2D eigenvalue weighted by molar-refractivity contribution is -0.388. The average molecular weight is 303 g/mol. The molecule has 1 heterocycles. The van der Waals surface area contributed by atoms with Gasteiger partial charge in [-0.05, 0) is 28.5 Å². The van der Waals surface area contributed by atoms with Crippen LogP contribution >= 0.6 is 0 Å². The molecule has 0 bridgehead atoms. The maximum Gasteiger partial charge on any atom is 0.388 e. The van der Waals surface area contributed by atoms with E-state index in [0.29, 0.717) is 10.9 Å². The highest BCUT2D eigenvalue weighted by Crippen LogP contribution is 2.30. The summed E-state index contributed by atoms with van der Waals surface area (Å²) in [6.45, 7) is 2.30. The minimum Gasteiger partial charge on any atom is -0.462 e. The summed E-state index contributed by atoms with van der Waals surface area (Å²) in [5.41, 5.74) is 5.86. The summed E-state index contributed by atoms with van der Waals surface area (Å²) in [6.07, 6.45) is 2.69. The van der Waals surface area contributed by atoms with E-state index in [-0.39, 0.29) is 17.9 Å². The number of carbonyl (C=O) groups excluding carboxylic acids is 1. The van der Waals surface area contributed by atoms with Gasteiger partial charge in [0, 0.05) is 5.39 Å². The molecule has 0 aliphatic carbocycles. The first kappa shape index (κ1) is 15.7.